The number of nitrogens with two attached hydrogens (primary N) is 1. The zero-order valence-corrected chi connectivity index (χ0v) is 9.35. The molecule has 0 saturated carbocycles. The second kappa shape index (κ2) is 4.39. The number of nitrogens with one attached hydrogen (secondary N) is 2. The summed E-state index contributed by atoms with van der Waals surface area (Å²) >= 11 is 6.10. The molecule has 0 spiro atoms. The average Bonchev–Trinajstić information content (AvgIpc) is 2.71. The summed E-state index contributed by atoms with van der Waals surface area (Å²) in [6.07, 6.45) is 1.04. The summed E-state index contributed by atoms with van der Waals surface area (Å²) in [5.74, 6) is 0. The molecule has 1 atom stereocenters. The number of benzene rings is 1. The quantitative estimate of drug-likeness (QED) is 0.730. The van der Waals surface area contributed by atoms with Crippen molar-refractivity contribution in [2.45, 2.75) is 12.0 Å². The molecule has 15 heavy (non-hydrogen) atoms. The molecular formula is C11H16ClN3. The summed E-state index contributed by atoms with van der Waals surface area (Å²) in [5.41, 5.74) is 6.75. The van der Waals surface area contributed by atoms with Crippen molar-refractivity contribution in [2.75, 3.05) is 25.0 Å². The number of anilines is 1. The van der Waals surface area contributed by atoms with Crippen LogP contribution in [0.4, 0.5) is 5.69 Å². The Balaban J connectivity index is 2.16. The van der Waals surface area contributed by atoms with E-state index in [1.54, 1.807) is 0 Å². The zero-order valence-electron chi connectivity index (χ0n) is 8.59. The lowest BCUT2D eigenvalue weighted by atomic mass is 9.98. The highest BCUT2D eigenvalue weighted by atomic mass is 35.5. The van der Waals surface area contributed by atoms with Gasteiger partial charge in [-0.3, -0.25) is 0 Å². The Morgan fingerprint density at radius 3 is 2.87 bits per heavy atom. The zero-order chi connectivity index (χ0) is 10.7. The molecule has 4 N–H and O–H groups in total. The van der Waals surface area contributed by atoms with E-state index in [0.717, 1.165) is 30.2 Å². The maximum absolute atomic E-state index is 6.10. The molecule has 1 fully saturated rings. The third-order valence-electron chi connectivity index (χ3n) is 2.91. The van der Waals surface area contributed by atoms with Crippen molar-refractivity contribution >= 4 is 17.3 Å². The first kappa shape index (κ1) is 10.7. The van der Waals surface area contributed by atoms with Crippen molar-refractivity contribution in [3.05, 3.63) is 29.3 Å². The number of hydrogen-bond donors (Lipinski definition) is 3. The minimum Gasteiger partial charge on any atom is -0.376 e. The summed E-state index contributed by atoms with van der Waals surface area (Å²) in [6.45, 7) is 2.52. The van der Waals surface area contributed by atoms with Crippen LogP contribution in [0.25, 0.3) is 0 Å². The van der Waals surface area contributed by atoms with E-state index in [1.807, 2.05) is 24.3 Å². The van der Waals surface area contributed by atoms with Gasteiger partial charge in [-0.2, -0.15) is 0 Å². The van der Waals surface area contributed by atoms with Crippen LogP contribution in [0.2, 0.25) is 5.02 Å². The smallest absolute Gasteiger partial charge is 0.0637 e. The molecule has 1 aromatic rings. The monoisotopic (exact) mass is 225 g/mol. The molecule has 82 valence electrons. The fraction of sp³-hybridized carbons (Fsp3) is 0.455. The van der Waals surface area contributed by atoms with Crippen LogP contribution in [0.5, 0.6) is 0 Å². The predicted molar refractivity (Wildman–Crippen MR) is 64.3 cm³/mol. The van der Waals surface area contributed by atoms with Gasteiger partial charge in [0, 0.05) is 13.1 Å². The largest absolute Gasteiger partial charge is 0.376 e. The number of hydrogen-bond acceptors (Lipinski definition) is 3. The lowest BCUT2D eigenvalue weighted by Crippen LogP contribution is -2.47. The second-order valence-electron chi connectivity index (χ2n) is 4.02. The maximum atomic E-state index is 6.10. The van der Waals surface area contributed by atoms with Gasteiger partial charge in [0.05, 0.1) is 16.2 Å². The van der Waals surface area contributed by atoms with Gasteiger partial charge >= 0.3 is 0 Å². The summed E-state index contributed by atoms with van der Waals surface area (Å²) in [4.78, 5) is 0. The van der Waals surface area contributed by atoms with Crippen molar-refractivity contribution in [1.82, 2.24) is 5.32 Å². The molecular weight excluding hydrogens is 210 g/mol. The first-order valence-corrected chi connectivity index (χ1v) is 5.57. The van der Waals surface area contributed by atoms with Crippen LogP contribution < -0.4 is 16.4 Å². The van der Waals surface area contributed by atoms with Crippen molar-refractivity contribution < 1.29 is 0 Å². The van der Waals surface area contributed by atoms with Crippen LogP contribution >= 0.6 is 11.6 Å². The van der Waals surface area contributed by atoms with Gasteiger partial charge in [-0.05, 0) is 25.1 Å². The molecule has 2 rings (SSSR count). The second-order valence-corrected chi connectivity index (χ2v) is 4.42. The van der Waals surface area contributed by atoms with Gasteiger partial charge in [-0.25, -0.2) is 0 Å². The van der Waals surface area contributed by atoms with E-state index in [-0.39, 0.29) is 5.54 Å². The first-order valence-electron chi connectivity index (χ1n) is 5.19. The SMILES string of the molecule is NCC1(Nc2ccccc2Cl)CCNC1. The Morgan fingerprint density at radius 1 is 1.47 bits per heavy atom. The molecule has 1 aliphatic rings. The number of para-hydroxylation sites is 1. The van der Waals surface area contributed by atoms with Crippen LogP contribution in [0.15, 0.2) is 24.3 Å². The molecule has 1 saturated heterocycles. The Kier molecular flexibility index (Phi) is 3.14. The Morgan fingerprint density at radius 2 is 2.27 bits per heavy atom. The lowest BCUT2D eigenvalue weighted by Gasteiger charge is -2.29. The van der Waals surface area contributed by atoms with Gasteiger partial charge in [0.1, 0.15) is 0 Å². The van der Waals surface area contributed by atoms with E-state index in [0.29, 0.717) is 6.54 Å². The van der Waals surface area contributed by atoms with Crippen LogP contribution in [0.1, 0.15) is 6.42 Å². The Labute approximate surface area is 95.0 Å². The average molecular weight is 226 g/mol. The highest BCUT2D eigenvalue weighted by molar-refractivity contribution is 6.33. The molecule has 0 radical (unpaired) electrons. The molecule has 0 amide bonds. The van der Waals surface area contributed by atoms with Crippen molar-refractivity contribution in [3.63, 3.8) is 0 Å². The molecule has 3 nitrogen and oxygen atoms in total. The van der Waals surface area contributed by atoms with E-state index in [2.05, 4.69) is 10.6 Å². The molecule has 0 bridgehead atoms. The highest BCUT2D eigenvalue weighted by Crippen LogP contribution is 2.26. The normalized spacial score (nSPS) is 25.5. The molecule has 1 aromatic carbocycles. The van der Waals surface area contributed by atoms with Gasteiger partial charge < -0.3 is 16.4 Å². The minimum atomic E-state index is -0.0367. The van der Waals surface area contributed by atoms with Crippen LogP contribution in [0.3, 0.4) is 0 Å². The van der Waals surface area contributed by atoms with Crippen LogP contribution in [-0.4, -0.2) is 25.2 Å². The van der Waals surface area contributed by atoms with Gasteiger partial charge in [0.15, 0.2) is 0 Å². The lowest BCUT2D eigenvalue weighted by molar-refractivity contribution is 0.523. The molecule has 1 unspecified atom stereocenters. The van der Waals surface area contributed by atoms with E-state index >= 15 is 0 Å². The Bertz CT molecular complexity index is 334. The van der Waals surface area contributed by atoms with Crippen LogP contribution in [0, 0.1) is 0 Å². The number of halogens is 1. The molecule has 1 aliphatic heterocycles. The van der Waals surface area contributed by atoms with E-state index in [1.165, 1.54) is 0 Å². The Hall–Kier alpha value is -0.770. The summed E-state index contributed by atoms with van der Waals surface area (Å²) < 4.78 is 0. The minimum absolute atomic E-state index is 0.0367. The molecule has 0 aliphatic carbocycles. The van der Waals surface area contributed by atoms with E-state index in [4.69, 9.17) is 17.3 Å². The van der Waals surface area contributed by atoms with Gasteiger partial charge in [-0.1, -0.05) is 23.7 Å². The third kappa shape index (κ3) is 2.25. The van der Waals surface area contributed by atoms with Gasteiger partial charge in [-0.15, -0.1) is 0 Å². The molecule has 0 aromatic heterocycles. The molecule has 1 heterocycles. The maximum Gasteiger partial charge on any atom is 0.0637 e. The van der Waals surface area contributed by atoms with Gasteiger partial charge in [0.2, 0.25) is 0 Å². The fourth-order valence-corrected chi connectivity index (χ4v) is 2.11. The van der Waals surface area contributed by atoms with Crippen LogP contribution in [-0.2, 0) is 0 Å². The van der Waals surface area contributed by atoms with E-state index in [9.17, 15) is 0 Å². The highest BCUT2D eigenvalue weighted by Gasteiger charge is 2.32. The van der Waals surface area contributed by atoms with Crippen molar-refractivity contribution in [3.8, 4) is 0 Å². The standard InChI is InChI=1S/C11H16ClN3/c12-9-3-1-2-4-10(9)15-11(7-13)5-6-14-8-11/h1-4,14-15H,5-8,13H2. The summed E-state index contributed by atoms with van der Waals surface area (Å²) in [6, 6.07) is 7.77. The van der Waals surface area contributed by atoms with Crippen molar-refractivity contribution in [1.29, 1.82) is 0 Å². The van der Waals surface area contributed by atoms with E-state index < -0.39 is 0 Å². The van der Waals surface area contributed by atoms with Crippen molar-refractivity contribution in [2.24, 2.45) is 5.73 Å². The predicted octanol–water partition coefficient (Wildman–Crippen LogP) is 1.44. The topological polar surface area (TPSA) is 50.1 Å². The van der Waals surface area contributed by atoms with Gasteiger partial charge in [0.25, 0.3) is 0 Å². The fourth-order valence-electron chi connectivity index (χ4n) is 1.92. The summed E-state index contributed by atoms with van der Waals surface area (Å²) in [7, 11) is 0. The first-order chi connectivity index (χ1) is 7.26. The number of rotatable bonds is 3. The summed E-state index contributed by atoms with van der Waals surface area (Å²) in [5, 5.41) is 7.52. The third-order valence-corrected chi connectivity index (χ3v) is 3.24. The molecule has 4 heteroatoms.